The summed E-state index contributed by atoms with van der Waals surface area (Å²) >= 11 is 1.62. The third-order valence-corrected chi connectivity index (χ3v) is 14.8. The van der Waals surface area contributed by atoms with Crippen molar-refractivity contribution in [1.82, 2.24) is 40.3 Å². The Balaban J connectivity index is 0.675. The van der Waals surface area contributed by atoms with Gasteiger partial charge in [-0.1, -0.05) is 82.0 Å². The van der Waals surface area contributed by atoms with Gasteiger partial charge in [0.1, 0.15) is 25.0 Å². The fourth-order valence-electron chi connectivity index (χ4n) is 9.47. The Hall–Kier alpha value is -6.13. The summed E-state index contributed by atoms with van der Waals surface area (Å²) in [5.74, 6) is 0.611. The average molecular weight is 1090 g/mol. The number of fused-ring (bicyclic) bond motifs is 7. The number of aliphatic hydroxyl groups excluding tert-OH is 1. The second-order valence-electron chi connectivity index (χ2n) is 20.8. The van der Waals surface area contributed by atoms with Crippen LogP contribution in [0.3, 0.4) is 0 Å². The smallest absolute Gasteiger partial charge is 0.246 e. The highest BCUT2D eigenvalue weighted by atomic mass is 32.1. The van der Waals surface area contributed by atoms with Crippen molar-refractivity contribution in [3.8, 4) is 27.4 Å². The molecule has 3 aromatic carbocycles. The van der Waals surface area contributed by atoms with Crippen molar-refractivity contribution in [2.45, 2.75) is 72.1 Å². The first-order valence-corrected chi connectivity index (χ1v) is 27.9. The number of piperazine rings is 1. The second-order valence-corrected chi connectivity index (χ2v) is 21.7. The SMILES string of the molecule is C=C(NCc1ccc(-c2scnc2C)cc1)[C@@H]1C[C@@H](O)CN1C(=O)[C@@H](NC(=O)COCCOCCOCCN1CCN(CCOc2ccc3cc2COC/C=C/COCc2cccc(c2)-c2ccnc(n2)N3)CC1)C(C)(C)C. The maximum atomic E-state index is 14.1. The van der Waals surface area contributed by atoms with Gasteiger partial charge in [-0.3, -0.25) is 19.4 Å². The molecule has 5 aromatic rings. The van der Waals surface area contributed by atoms with Crippen LogP contribution in [0.4, 0.5) is 11.6 Å². The standard InChI is InChI=1S/C59H77N9O9S/c1-42(61-36-44-11-13-46(14-12-44)55-43(2)62-41-78-55)52-35-50(69)37-68(52)57(71)56(59(3,4)5)65-54(70)40-76-32-31-73-30-29-72-27-23-66-19-21-67(22-20-66)24-28-77-53-16-15-49-34-48(53)39-75-26-7-6-25-74-38-45-9-8-10-47(33-45)51-17-18-60-58(63-49)64-51/h6-18,33-34,41,50,52,56,61,69H,1,19-32,35-40H2,2-5H3,(H,65,70)(H,60,63,64)/b7-6+/t50-,52+,56-/m1/s1. The fraction of sp³-hybridized carbons (Fsp3) is 0.475. The number of ether oxygens (including phenoxy) is 6. The van der Waals surface area contributed by atoms with Crippen LogP contribution in [0.25, 0.3) is 21.7 Å². The van der Waals surface area contributed by atoms with Gasteiger partial charge in [-0.25, -0.2) is 15.0 Å². The molecule has 0 saturated carbocycles. The van der Waals surface area contributed by atoms with Crippen LogP contribution >= 0.6 is 11.3 Å². The first kappa shape index (κ1) is 58.0. The minimum absolute atomic E-state index is 0.150. The summed E-state index contributed by atoms with van der Waals surface area (Å²) in [5, 5.41) is 20.3. The molecule has 18 nitrogen and oxygen atoms in total. The number of rotatable bonds is 22. The van der Waals surface area contributed by atoms with Gasteiger partial charge in [0.25, 0.3) is 0 Å². The van der Waals surface area contributed by atoms with Gasteiger partial charge in [0.05, 0.1) is 93.4 Å². The molecule has 78 heavy (non-hydrogen) atoms. The van der Waals surface area contributed by atoms with Crippen molar-refractivity contribution >= 4 is 34.8 Å². The molecule has 418 valence electrons. The lowest BCUT2D eigenvalue weighted by Gasteiger charge is -2.36. The number of hydrogen-bond donors (Lipinski definition) is 4. The molecule has 0 radical (unpaired) electrons. The van der Waals surface area contributed by atoms with E-state index < -0.39 is 29.5 Å². The number of aryl methyl sites for hydroxylation is 1. The molecule has 2 saturated heterocycles. The minimum atomic E-state index is -0.846. The molecule has 0 spiro atoms. The Bertz CT molecular complexity index is 2740. The van der Waals surface area contributed by atoms with E-state index in [4.69, 9.17) is 33.4 Å². The lowest BCUT2D eigenvalue weighted by atomic mass is 9.85. The van der Waals surface area contributed by atoms with E-state index in [2.05, 4.69) is 78.7 Å². The van der Waals surface area contributed by atoms with Crippen LogP contribution in [0, 0.1) is 12.3 Å². The van der Waals surface area contributed by atoms with Crippen molar-refractivity contribution < 1.29 is 43.1 Å². The summed E-state index contributed by atoms with van der Waals surface area (Å²) in [7, 11) is 0. The minimum Gasteiger partial charge on any atom is -0.492 e. The number of carbonyl (C=O) groups is 2. The topological polar surface area (TPSA) is 194 Å². The van der Waals surface area contributed by atoms with E-state index in [1.165, 1.54) is 0 Å². The van der Waals surface area contributed by atoms with Gasteiger partial charge in [-0.05, 0) is 59.4 Å². The number of amides is 2. The second kappa shape index (κ2) is 29.2. The highest BCUT2D eigenvalue weighted by molar-refractivity contribution is 7.13. The lowest BCUT2D eigenvalue weighted by molar-refractivity contribution is -0.141. The van der Waals surface area contributed by atoms with Crippen molar-refractivity contribution in [1.29, 1.82) is 0 Å². The number of nitrogens with zero attached hydrogens (tertiary/aromatic N) is 6. The van der Waals surface area contributed by atoms with Crippen LogP contribution in [0.5, 0.6) is 5.75 Å². The first-order valence-electron chi connectivity index (χ1n) is 27.0. The maximum absolute atomic E-state index is 14.1. The van der Waals surface area contributed by atoms with Crippen LogP contribution in [0.15, 0.2) is 109 Å². The van der Waals surface area contributed by atoms with E-state index in [-0.39, 0.29) is 25.7 Å². The molecular weight excluding hydrogens is 1010 g/mol. The van der Waals surface area contributed by atoms with Crippen LogP contribution in [-0.4, -0.2) is 170 Å². The Labute approximate surface area is 463 Å². The molecule has 5 heterocycles. The monoisotopic (exact) mass is 1090 g/mol. The number of benzene rings is 3. The lowest BCUT2D eigenvalue weighted by Crippen LogP contribution is -2.57. The first-order chi connectivity index (χ1) is 37.9. The predicted octanol–water partition coefficient (Wildman–Crippen LogP) is 6.76. The normalized spacial score (nSPS) is 18.3. The Morgan fingerprint density at radius 2 is 1.58 bits per heavy atom. The summed E-state index contributed by atoms with van der Waals surface area (Å²) in [6, 6.07) is 23.1. The number of carbonyl (C=O) groups excluding carboxylic acids is 2. The van der Waals surface area contributed by atoms with E-state index >= 15 is 0 Å². The largest absolute Gasteiger partial charge is 0.492 e. The zero-order chi connectivity index (χ0) is 54.7. The van der Waals surface area contributed by atoms with E-state index in [0.717, 1.165) is 94.8 Å². The number of thiazole rings is 1. The molecule has 19 heteroatoms. The van der Waals surface area contributed by atoms with Crippen LogP contribution < -0.4 is 20.7 Å². The summed E-state index contributed by atoms with van der Waals surface area (Å²) < 4.78 is 35.5. The van der Waals surface area contributed by atoms with Gasteiger partial charge in [0.2, 0.25) is 17.8 Å². The molecule has 4 N–H and O–H groups in total. The zero-order valence-corrected chi connectivity index (χ0v) is 46.4. The third-order valence-electron chi connectivity index (χ3n) is 13.8. The third kappa shape index (κ3) is 17.4. The number of hydrogen-bond acceptors (Lipinski definition) is 17. The molecule has 3 aliphatic heterocycles. The van der Waals surface area contributed by atoms with Gasteiger partial charge in [-0.15, -0.1) is 11.3 Å². The number of nitrogens with one attached hydrogen (secondary N) is 3. The van der Waals surface area contributed by atoms with E-state index in [9.17, 15) is 14.7 Å². The number of anilines is 2. The van der Waals surface area contributed by atoms with Gasteiger partial charge < -0.3 is 54.4 Å². The average Bonchev–Trinajstić information content (AvgIpc) is 4.15. The van der Waals surface area contributed by atoms with Gasteiger partial charge in [0.15, 0.2) is 0 Å². The summed E-state index contributed by atoms with van der Waals surface area (Å²) in [6.07, 6.45) is 5.37. The predicted molar refractivity (Wildman–Crippen MR) is 302 cm³/mol. The maximum Gasteiger partial charge on any atom is 0.246 e. The molecule has 6 bridgehead atoms. The van der Waals surface area contributed by atoms with Gasteiger partial charge >= 0.3 is 0 Å². The fourth-order valence-corrected chi connectivity index (χ4v) is 10.3. The summed E-state index contributed by atoms with van der Waals surface area (Å²) in [4.78, 5) is 48.5. The van der Waals surface area contributed by atoms with Gasteiger partial charge in [-0.2, -0.15) is 0 Å². The Kier molecular flexibility index (Phi) is 21.7. The number of β-amino-alcohol motifs (C(OH)–C–C–N with tert-alkyl or cyclic N) is 1. The molecule has 0 unspecified atom stereocenters. The summed E-state index contributed by atoms with van der Waals surface area (Å²) in [5.41, 5.74) is 9.73. The highest BCUT2D eigenvalue weighted by Gasteiger charge is 2.43. The quantitative estimate of drug-likeness (QED) is 0.0419. The number of aromatic nitrogens is 3. The number of likely N-dealkylation sites (tertiary alicyclic amines) is 1. The van der Waals surface area contributed by atoms with Crippen molar-refractivity contribution in [2.24, 2.45) is 5.41 Å². The van der Waals surface area contributed by atoms with Crippen molar-refractivity contribution in [3.05, 3.63) is 131 Å². The van der Waals surface area contributed by atoms with Crippen molar-refractivity contribution in [2.75, 3.05) is 111 Å². The van der Waals surface area contributed by atoms with E-state index in [1.54, 1.807) is 22.4 Å². The van der Waals surface area contributed by atoms with E-state index in [0.29, 0.717) is 84.1 Å². The molecule has 0 aliphatic carbocycles. The molecule has 8 rings (SSSR count). The molecule has 2 fully saturated rings. The zero-order valence-electron chi connectivity index (χ0n) is 45.6. The number of aliphatic hydroxyl groups is 1. The molecular formula is C59H77N9O9S. The van der Waals surface area contributed by atoms with Crippen LogP contribution in [-0.2, 0) is 53.0 Å². The Morgan fingerprint density at radius 3 is 2.31 bits per heavy atom. The Morgan fingerprint density at radius 1 is 0.859 bits per heavy atom. The molecule has 3 aliphatic rings. The van der Waals surface area contributed by atoms with Gasteiger partial charge in [0, 0.05) is 87.5 Å². The molecule has 3 atom stereocenters. The summed E-state index contributed by atoms with van der Waals surface area (Å²) in [6.45, 7) is 22.2. The van der Waals surface area contributed by atoms with Crippen molar-refractivity contribution in [3.63, 3.8) is 0 Å². The van der Waals surface area contributed by atoms with E-state index in [1.807, 2.05) is 81.8 Å². The molecule has 2 amide bonds. The van der Waals surface area contributed by atoms with Crippen LogP contribution in [0.2, 0.25) is 0 Å². The molecule has 2 aromatic heterocycles. The van der Waals surface area contributed by atoms with Crippen LogP contribution in [0.1, 0.15) is 49.6 Å². The highest BCUT2D eigenvalue weighted by Crippen LogP contribution is 2.31.